The molecular formula is C12H14BrClFNO3S. The van der Waals surface area contributed by atoms with E-state index in [-0.39, 0.29) is 10.0 Å². The summed E-state index contributed by atoms with van der Waals surface area (Å²) < 4.78 is 36.0. The number of benzene rings is 1. The summed E-state index contributed by atoms with van der Waals surface area (Å²) in [6.07, 6.45) is 2.79. The van der Waals surface area contributed by atoms with Gasteiger partial charge >= 0.3 is 0 Å². The summed E-state index contributed by atoms with van der Waals surface area (Å²) in [5, 5.41) is 2.60. The van der Waals surface area contributed by atoms with Gasteiger partial charge < -0.3 is 5.32 Å². The van der Waals surface area contributed by atoms with Gasteiger partial charge in [-0.25, -0.2) is 12.8 Å². The monoisotopic (exact) mass is 385 g/mol. The smallest absolute Gasteiger partial charge is 0.262 e. The molecule has 1 aromatic carbocycles. The molecule has 0 spiro atoms. The predicted octanol–water partition coefficient (Wildman–Crippen LogP) is 3.44. The van der Waals surface area contributed by atoms with E-state index in [1.165, 1.54) is 0 Å². The van der Waals surface area contributed by atoms with Crippen LogP contribution in [0.2, 0.25) is 0 Å². The van der Waals surface area contributed by atoms with Crippen molar-refractivity contribution in [2.45, 2.75) is 31.1 Å². The van der Waals surface area contributed by atoms with E-state index in [0.717, 1.165) is 31.4 Å². The molecule has 1 amide bonds. The number of amides is 1. The molecule has 112 valence electrons. The first kappa shape index (κ1) is 17.4. The Bertz CT molecular complexity index is 607. The van der Waals surface area contributed by atoms with E-state index in [1.54, 1.807) is 0 Å². The van der Waals surface area contributed by atoms with Gasteiger partial charge in [-0.05, 0) is 34.5 Å². The molecule has 0 saturated carbocycles. The third-order valence-electron chi connectivity index (χ3n) is 2.59. The van der Waals surface area contributed by atoms with E-state index < -0.39 is 25.7 Å². The average Bonchev–Trinajstić information content (AvgIpc) is 2.36. The van der Waals surface area contributed by atoms with Crippen LogP contribution in [0.3, 0.4) is 0 Å². The van der Waals surface area contributed by atoms with E-state index in [0.29, 0.717) is 6.54 Å². The third kappa shape index (κ3) is 4.71. The molecule has 0 fully saturated rings. The van der Waals surface area contributed by atoms with Crippen LogP contribution < -0.4 is 5.32 Å². The second-order valence-corrected chi connectivity index (χ2v) is 7.50. The molecule has 1 aromatic rings. The van der Waals surface area contributed by atoms with Crippen molar-refractivity contribution in [3.05, 3.63) is 28.0 Å². The van der Waals surface area contributed by atoms with Crippen LogP contribution in [-0.4, -0.2) is 20.9 Å². The number of halogens is 3. The van der Waals surface area contributed by atoms with Gasteiger partial charge in [0.25, 0.3) is 15.0 Å². The number of rotatable bonds is 6. The number of nitrogens with one attached hydrogen (secondary N) is 1. The van der Waals surface area contributed by atoms with Gasteiger partial charge in [-0.2, -0.15) is 0 Å². The summed E-state index contributed by atoms with van der Waals surface area (Å²) in [5.74, 6) is -1.39. The molecule has 0 aliphatic rings. The van der Waals surface area contributed by atoms with E-state index in [9.17, 15) is 17.6 Å². The number of hydrogen-bond acceptors (Lipinski definition) is 3. The van der Waals surface area contributed by atoms with Gasteiger partial charge in [0.15, 0.2) is 0 Å². The SMILES string of the molecule is CCCCCNC(=O)c1cc(F)c(Br)c(S(=O)(=O)Cl)c1. The molecular weight excluding hydrogens is 373 g/mol. The molecule has 8 heteroatoms. The second kappa shape index (κ2) is 7.38. The molecule has 0 bridgehead atoms. The van der Waals surface area contributed by atoms with Crippen LogP contribution in [-0.2, 0) is 9.05 Å². The van der Waals surface area contributed by atoms with Crippen LogP contribution in [0.4, 0.5) is 4.39 Å². The Hall–Kier alpha value is -0.660. The van der Waals surface area contributed by atoms with Crippen LogP contribution >= 0.6 is 26.6 Å². The highest BCUT2D eigenvalue weighted by Gasteiger charge is 2.21. The minimum absolute atomic E-state index is 0.0820. The summed E-state index contributed by atoms with van der Waals surface area (Å²) in [5.41, 5.74) is -0.0820. The lowest BCUT2D eigenvalue weighted by Gasteiger charge is -2.08. The number of carbonyl (C=O) groups excluding carboxylic acids is 1. The fourth-order valence-corrected chi connectivity index (χ4v) is 3.64. The van der Waals surface area contributed by atoms with Crippen molar-refractivity contribution in [2.75, 3.05) is 6.54 Å². The number of hydrogen-bond donors (Lipinski definition) is 1. The molecule has 0 heterocycles. The average molecular weight is 387 g/mol. The molecule has 20 heavy (non-hydrogen) atoms. The van der Waals surface area contributed by atoms with Crippen molar-refractivity contribution in [1.82, 2.24) is 5.32 Å². The van der Waals surface area contributed by atoms with Crippen LogP contribution in [0.5, 0.6) is 0 Å². The van der Waals surface area contributed by atoms with Crippen molar-refractivity contribution in [2.24, 2.45) is 0 Å². The van der Waals surface area contributed by atoms with Gasteiger partial charge in [0.2, 0.25) is 0 Å². The van der Waals surface area contributed by atoms with Gasteiger partial charge in [-0.15, -0.1) is 0 Å². The Balaban J connectivity index is 2.97. The van der Waals surface area contributed by atoms with Crippen LogP contribution in [0.15, 0.2) is 21.5 Å². The lowest BCUT2D eigenvalue weighted by Crippen LogP contribution is -2.24. The second-order valence-electron chi connectivity index (χ2n) is 4.17. The summed E-state index contributed by atoms with van der Waals surface area (Å²) in [7, 11) is 1.07. The first-order valence-electron chi connectivity index (χ1n) is 5.99. The van der Waals surface area contributed by atoms with E-state index in [2.05, 4.69) is 21.2 Å². The zero-order chi connectivity index (χ0) is 15.3. The Morgan fingerprint density at radius 1 is 1.40 bits per heavy atom. The van der Waals surface area contributed by atoms with Crippen molar-refractivity contribution >= 4 is 41.6 Å². The minimum Gasteiger partial charge on any atom is -0.352 e. The molecule has 0 aromatic heterocycles. The largest absolute Gasteiger partial charge is 0.352 e. The van der Waals surface area contributed by atoms with Crippen LogP contribution in [0.25, 0.3) is 0 Å². The highest BCUT2D eigenvalue weighted by molar-refractivity contribution is 9.10. The molecule has 4 nitrogen and oxygen atoms in total. The molecule has 0 aliphatic carbocycles. The Morgan fingerprint density at radius 3 is 2.60 bits per heavy atom. The van der Waals surface area contributed by atoms with Gasteiger partial charge in [-0.3, -0.25) is 4.79 Å². The van der Waals surface area contributed by atoms with Gasteiger partial charge in [0.1, 0.15) is 10.7 Å². The Labute approximate surface area is 130 Å². The zero-order valence-corrected chi connectivity index (χ0v) is 13.9. The molecule has 1 N–H and O–H groups in total. The quantitative estimate of drug-likeness (QED) is 0.602. The molecule has 0 radical (unpaired) electrons. The molecule has 0 unspecified atom stereocenters. The summed E-state index contributed by atoms with van der Waals surface area (Å²) in [4.78, 5) is 11.4. The fraction of sp³-hybridized carbons (Fsp3) is 0.417. The molecule has 0 atom stereocenters. The summed E-state index contributed by atoms with van der Waals surface area (Å²) >= 11 is 2.80. The standard InChI is InChI=1S/C12H14BrClFNO3S/c1-2-3-4-5-16-12(17)8-6-9(15)11(13)10(7-8)20(14,18)19/h6-7H,2-5H2,1H3,(H,16,17). The first-order chi connectivity index (χ1) is 9.27. The lowest BCUT2D eigenvalue weighted by molar-refractivity contribution is 0.0952. The van der Waals surface area contributed by atoms with Gasteiger partial charge in [-0.1, -0.05) is 19.8 Å². The van der Waals surface area contributed by atoms with Gasteiger partial charge in [0.05, 0.1) is 4.47 Å². The highest BCUT2D eigenvalue weighted by atomic mass is 79.9. The third-order valence-corrected chi connectivity index (χ3v) is 5.00. The molecule has 0 aliphatic heterocycles. The summed E-state index contributed by atoms with van der Waals surface area (Å²) in [6, 6.07) is 2.01. The number of unbranched alkanes of at least 4 members (excludes halogenated alkanes) is 2. The Morgan fingerprint density at radius 2 is 2.05 bits per heavy atom. The maximum Gasteiger partial charge on any atom is 0.262 e. The van der Waals surface area contributed by atoms with Crippen molar-refractivity contribution in [1.29, 1.82) is 0 Å². The maximum absolute atomic E-state index is 13.6. The Kier molecular flexibility index (Phi) is 6.42. The first-order valence-corrected chi connectivity index (χ1v) is 9.09. The summed E-state index contributed by atoms with van der Waals surface area (Å²) in [6.45, 7) is 2.48. The van der Waals surface area contributed by atoms with Crippen molar-refractivity contribution in [3.63, 3.8) is 0 Å². The normalized spacial score (nSPS) is 11.4. The van der Waals surface area contributed by atoms with E-state index in [4.69, 9.17) is 10.7 Å². The van der Waals surface area contributed by atoms with Crippen molar-refractivity contribution in [3.8, 4) is 0 Å². The van der Waals surface area contributed by atoms with E-state index in [1.807, 2.05) is 6.92 Å². The molecule has 0 saturated heterocycles. The minimum atomic E-state index is -4.14. The zero-order valence-electron chi connectivity index (χ0n) is 10.8. The maximum atomic E-state index is 13.6. The predicted molar refractivity (Wildman–Crippen MR) is 79.0 cm³/mol. The van der Waals surface area contributed by atoms with Crippen molar-refractivity contribution < 1.29 is 17.6 Å². The topological polar surface area (TPSA) is 63.2 Å². The fourth-order valence-electron chi connectivity index (χ4n) is 1.55. The number of carbonyl (C=O) groups is 1. The van der Waals surface area contributed by atoms with Gasteiger partial charge in [0, 0.05) is 22.8 Å². The highest BCUT2D eigenvalue weighted by Crippen LogP contribution is 2.29. The van der Waals surface area contributed by atoms with Crippen LogP contribution in [0.1, 0.15) is 36.5 Å². The van der Waals surface area contributed by atoms with Crippen LogP contribution in [0, 0.1) is 5.82 Å². The van der Waals surface area contributed by atoms with E-state index >= 15 is 0 Å². The molecule has 1 rings (SSSR count). The lowest BCUT2D eigenvalue weighted by atomic mass is 10.2.